The summed E-state index contributed by atoms with van der Waals surface area (Å²) < 4.78 is 5.59. The van der Waals surface area contributed by atoms with Crippen LogP contribution >= 0.6 is 0 Å². The average Bonchev–Trinajstić information content (AvgIpc) is 2.86. The summed E-state index contributed by atoms with van der Waals surface area (Å²) in [4.78, 5) is 2.42. The van der Waals surface area contributed by atoms with Gasteiger partial charge in [0.2, 0.25) is 0 Å². The smallest absolute Gasteiger partial charge is 0.120 e. The molecule has 33 heavy (non-hydrogen) atoms. The largest absolute Gasteiger partial charge is 0.497 e. The number of nitrogens with zero attached hydrogens (tertiary/aromatic N) is 1. The molecular weight excluding hydrogens is 408 g/mol. The maximum atomic E-state index is 10.0. The number of methoxy groups -OCH3 is 1. The van der Waals surface area contributed by atoms with Gasteiger partial charge in [0.05, 0.1) is 13.2 Å². The van der Waals surface area contributed by atoms with Gasteiger partial charge in [0.25, 0.3) is 0 Å². The summed E-state index contributed by atoms with van der Waals surface area (Å²) in [5.41, 5.74) is 8.93. The van der Waals surface area contributed by atoms with E-state index in [1.54, 1.807) is 7.11 Å². The molecule has 0 spiro atoms. The van der Waals surface area contributed by atoms with Gasteiger partial charge in [-0.25, -0.2) is 0 Å². The Morgan fingerprint density at radius 2 is 1.79 bits per heavy atom. The summed E-state index contributed by atoms with van der Waals surface area (Å²) in [7, 11) is 3.72. The summed E-state index contributed by atoms with van der Waals surface area (Å²) in [6.07, 6.45) is 3.38. The van der Waals surface area contributed by atoms with E-state index in [0.29, 0.717) is 0 Å². The normalized spacial score (nSPS) is 15.2. The van der Waals surface area contributed by atoms with Gasteiger partial charge in [-0.05, 0) is 86.1 Å². The van der Waals surface area contributed by atoms with Gasteiger partial charge >= 0.3 is 0 Å². The quantitative estimate of drug-likeness (QED) is 0.488. The Kier molecular flexibility index (Phi) is 7.69. The molecule has 0 saturated heterocycles. The number of ether oxygens (including phenoxy) is 1. The van der Waals surface area contributed by atoms with Crippen molar-refractivity contribution in [2.75, 3.05) is 32.1 Å². The predicted molar refractivity (Wildman–Crippen MR) is 137 cm³/mol. The molecule has 0 fully saturated rings. The van der Waals surface area contributed by atoms with E-state index in [-0.39, 0.29) is 6.10 Å². The standard InChI is InChI=1S/C29H36N2O2/c1-4-31(20-22-7-5-21(6-8-22)15-16-30-2)29-19-27(33-3)13-14-28(29)25-10-9-24-18-26(32)12-11-23(24)17-25/h5-10,13-14,17,19,26,30,32H,4,11-12,15-16,18,20H2,1-3H3. The van der Waals surface area contributed by atoms with Crippen molar-refractivity contribution in [1.29, 1.82) is 0 Å². The highest BCUT2D eigenvalue weighted by atomic mass is 16.5. The first-order chi connectivity index (χ1) is 16.1. The SMILES string of the molecule is CCN(Cc1ccc(CCNC)cc1)c1cc(OC)ccc1-c1ccc2c(c1)CCC(O)C2. The molecule has 0 bridgehead atoms. The number of fused-ring (bicyclic) bond motifs is 1. The lowest BCUT2D eigenvalue weighted by Crippen LogP contribution is -2.23. The van der Waals surface area contributed by atoms with E-state index in [4.69, 9.17) is 4.74 Å². The number of hydrogen-bond acceptors (Lipinski definition) is 4. The average molecular weight is 445 g/mol. The molecule has 3 aromatic rings. The lowest BCUT2D eigenvalue weighted by Gasteiger charge is -2.27. The van der Waals surface area contributed by atoms with Crippen molar-refractivity contribution in [1.82, 2.24) is 5.32 Å². The second-order valence-electron chi connectivity index (χ2n) is 8.95. The Morgan fingerprint density at radius 1 is 1.00 bits per heavy atom. The van der Waals surface area contributed by atoms with Gasteiger partial charge in [-0.2, -0.15) is 0 Å². The molecule has 1 atom stereocenters. The van der Waals surface area contributed by atoms with E-state index >= 15 is 0 Å². The zero-order valence-electron chi connectivity index (χ0n) is 20.1. The second kappa shape index (κ2) is 10.9. The van der Waals surface area contributed by atoms with Crippen molar-refractivity contribution in [2.24, 2.45) is 0 Å². The zero-order valence-corrected chi connectivity index (χ0v) is 20.1. The molecule has 4 rings (SSSR count). The molecule has 1 aliphatic rings. The molecule has 0 saturated carbocycles. The van der Waals surface area contributed by atoms with E-state index in [0.717, 1.165) is 51.1 Å². The molecular formula is C29H36N2O2. The van der Waals surface area contributed by atoms with Gasteiger partial charge in [-0.15, -0.1) is 0 Å². The Balaban J connectivity index is 1.64. The van der Waals surface area contributed by atoms with Gasteiger partial charge in [0.1, 0.15) is 5.75 Å². The number of aliphatic hydroxyl groups excluding tert-OH is 1. The number of aliphatic hydroxyl groups is 1. The third-order valence-corrected chi connectivity index (χ3v) is 6.71. The van der Waals surface area contributed by atoms with Crippen LogP contribution in [0.4, 0.5) is 5.69 Å². The molecule has 0 amide bonds. The van der Waals surface area contributed by atoms with Crippen LogP contribution in [0.5, 0.6) is 5.75 Å². The van der Waals surface area contributed by atoms with Crippen molar-refractivity contribution in [2.45, 2.75) is 45.3 Å². The number of nitrogens with one attached hydrogen (secondary N) is 1. The van der Waals surface area contributed by atoms with Gasteiger partial charge in [-0.3, -0.25) is 0 Å². The first-order valence-electron chi connectivity index (χ1n) is 12.1. The Labute approximate surface area is 198 Å². The van der Waals surface area contributed by atoms with E-state index < -0.39 is 0 Å². The van der Waals surface area contributed by atoms with Crippen LogP contribution in [-0.4, -0.2) is 38.5 Å². The number of anilines is 1. The maximum Gasteiger partial charge on any atom is 0.120 e. The molecule has 3 aromatic carbocycles. The number of likely N-dealkylation sites (N-methyl/N-ethyl adjacent to an activating group) is 1. The fourth-order valence-electron chi connectivity index (χ4n) is 4.72. The monoisotopic (exact) mass is 444 g/mol. The summed E-state index contributed by atoms with van der Waals surface area (Å²) in [5, 5.41) is 13.2. The highest BCUT2D eigenvalue weighted by Gasteiger charge is 2.19. The number of rotatable bonds is 9. The van der Waals surface area contributed by atoms with Crippen LogP contribution in [-0.2, 0) is 25.8 Å². The molecule has 0 aliphatic heterocycles. The van der Waals surface area contributed by atoms with Gasteiger partial charge in [0.15, 0.2) is 0 Å². The summed E-state index contributed by atoms with van der Waals surface area (Å²) >= 11 is 0. The molecule has 1 unspecified atom stereocenters. The van der Waals surface area contributed by atoms with Crippen LogP contribution < -0.4 is 15.0 Å². The number of aryl methyl sites for hydroxylation is 1. The molecule has 4 nitrogen and oxygen atoms in total. The molecule has 0 radical (unpaired) electrons. The molecule has 1 aliphatic carbocycles. The fourth-order valence-corrected chi connectivity index (χ4v) is 4.72. The van der Waals surface area contributed by atoms with Crippen LogP contribution in [0.3, 0.4) is 0 Å². The Hall–Kier alpha value is -2.82. The van der Waals surface area contributed by atoms with Gasteiger partial charge < -0.3 is 20.1 Å². The van der Waals surface area contributed by atoms with Crippen molar-refractivity contribution >= 4 is 5.69 Å². The minimum absolute atomic E-state index is 0.208. The van der Waals surface area contributed by atoms with E-state index in [1.807, 2.05) is 13.1 Å². The van der Waals surface area contributed by atoms with Crippen LogP contribution in [0, 0.1) is 0 Å². The molecule has 4 heteroatoms. The maximum absolute atomic E-state index is 10.0. The first kappa shape index (κ1) is 23.3. The van der Waals surface area contributed by atoms with Crippen molar-refractivity contribution in [3.8, 4) is 16.9 Å². The van der Waals surface area contributed by atoms with Crippen molar-refractivity contribution < 1.29 is 9.84 Å². The van der Waals surface area contributed by atoms with E-state index in [9.17, 15) is 5.11 Å². The predicted octanol–water partition coefficient (Wildman–Crippen LogP) is 5.00. The summed E-state index contributed by atoms with van der Waals surface area (Å²) in [6.45, 7) is 4.95. The lowest BCUT2D eigenvalue weighted by atomic mass is 9.87. The van der Waals surface area contributed by atoms with Crippen molar-refractivity contribution in [3.63, 3.8) is 0 Å². The Bertz CT molecular complexity index is 1060. The lowest BCUT2D eigenvalue weighted by molar-refractivity contribution is 0.158. The third-order valence-electron chi connectivity index (χ3n) is 6.71. The summed E-state index contributed by atoms with van der Waals surface area (Å²) in [6, 6.07) is 22.1. The highest BCUT2D eigenvalue weighted by molar-refractivity contribution is 5.80. The van der Waals surface area contributed by atoms with Gasteiger partial charge in [0, 0.05) is 30.4 Å². The molecule has 174 valence electrons. The first-order valence-corrected chi connectivity index (χ1v) is 12.1. The van der Waals surface area contributed by atoms with Gasteiger partial charge in [-0.1, -0.05) is 42.5 Å². The van der Waals surface area contributed by atoms with Crippen molar-refractivity contribution in [3.05, 3.63) is 82.9 Å². The number of benzene rings is 3. The third kappa shape index (κ3) is 5.58. The fraction of sp³-hybridized carbons (Fsp3) is 0.379. The molecule has 2 N–H and O–H groups in total. The summed E-state index contributed by atoms with van der Waals surface area (Å²) in [5.74, 6) is 0.871. The Morgan fingerprint density at radius 3 is 2.52 bits per heavy atom. The molecule has 0 heterocycles. The van der Waals surface area contributed by atoms with E-state index in [2.05, 4.69) is 71.7 Å². The van der Waals surface area contributed by atoms with Crippen LogP contribution in [0.15, 0.2) is 60.7 Å². The molecule has 0 aromatic heterocycles. The highest BCUT2D eigenvalue weighted by Crippen LogP contribution is 2.37. The topological polar surface area (TPSA) is 44.7 Å². The van der Waals surface area contributed by atoms with Crippen LogP contribution in [0.1, 0.15) is 35.6 Å². The minimum Gasteiger partial charge on any atom is -0.497 e. The second-order valence-corrected chi connectivity index (χ2v) is 8.95. The number of hydrogen-bond donors (Lipinski definition) is 2. The van der Waals surface area contributed by atoms with E-state index in [1.165, 1.54) is 39.1 Å². The van der Waals surface area contributed by atoms with Crippen LogP contribution in [0.25, 0.3) is 11.1 Å². The zero-order chi connectivity index (χ0) is 23.2. The van der Waals surface area contributed by atoms with Crippen LogP contribution in [0.2, 0.25) is 0 Å². The minimum atomic E-state index is -0.208.